The number of fused-ring (bicyclic) bond motifs is 1. The summed E-state index contributed by atoms with van der Waals surface area (Å²) < 4.78 is 28.1. The lowest BCUT2D eigenvalue weighted by molar-refractivity contribution is -0.121. The molecule has 0 aliphatic carbocycles. The van der Waals surface area contributed by atoms with Gasteiger partial charge in [0.2, 0.25) is 5.91 Å². The Morgan fingerprint density at radius 2 is 1.85 bits per heavy atom. The smallest absolute Gasteiger partial charge is 0.285 e. The molecule has 0 fully saturated rings. The third-order valence-corrected chi connectivity index (χ3v) is 5.77. The van der Waals surface area contributed by atoms with Crippen molar-refractivity contribution in [3.8, 4) is 0 Å². The molecule has 26 heavy (non-hydrogen) atoms. The molecule has 136 valence electrons. The van der Waals surface area contributed by atoms with E-state index >= 15 is 0 Å². The fourth-order valence-electron chi connectivity index (χ4n) is 2.85. The summed E-state index contributed by atoms with van der Waals surface area (Å²) in [6, 6.07) is 13.6. The summed E-state index contributed by atoms with van der Waals surface area (Å²) in [5.41, 5.74) is 1.32. The van der Waals surface area contributed by atoms with Crippen LogP contribution in [0.4, 0.5) is 0 Å². The number of amides is 1. The van der Waals surface area contributed by atoms with Crippen molar-refractivity contribution < 1.29 is 13.2 Å². The molecule has 3 rings (SSSR count). The molecule has 6 nitrogen and oxygen atoms in total. The third-order valence-electron chi connectivity index (χ3n) is 4.10. The monoisotopic (exact) mass is 391 g/mol. The Kier molecular flexibility index (Phi) is 5.02. The predicted molar refractivity (Wildman–Crippen MR) is 101 cm³/mol. The van der Waals surface area contributed by atoms with Gasteiger partial charge in [-0.25, -0.2) is 0 Å². The van der Waals surface area contributed by atoms with Gasteiger partial charge in [-0.05, 0) is 30.7 Å². The van der Waals surface area contributed by atoms with Crippen LogP contribution in [0, 0.1) is 0 Å². The van der Waals surface area contributed by atoms with Crippen LogP contribution in [-0.4, -0.2) is 38.7 Å². The largest absolute Gasteiger partial charge is 0.349 e. The molecule has 1 heterocycles. The van der Waals surface area contributed by atoms with Gasteiger partial charge in [0.1, 0.15) is 4.90 Å². The van der Waals surface area contributed by atoms with Crippen LogP contribution in [0.1, 0.15) is 24.1 Å². The van der Waals surface area contributed by atoms with Gasteiger partial charge >= 0.3 is 0 Å². The fraction of sp³-hybridized carbons (Fsp3) is 0.222. The average Bonchev–Trinajstić information content (AvgIpc) is 2.87. The van der Waals surface area contributed by atoms with Gasteiger partial charge in [-0.15, -0.1) is 4.40 Å². The molecule has 1 atom stereocenters. The summed E-state index contributed by atoms with van der Waals surface area (Å²) in [5, 5.41) is 3.44. The number of halogens is 1. The Hall–Kier alpha value is -2.38. The highest BCUT2D eigenvalue weighted by atomic mass is 35.5. The Bertz CT molecular complexity index is 989. The van der Waals surface area contributed by atoms with E-state index in [1.165, 1.54) is 11.0 Å². The first kappa shape index (κ1) is 18.4. The number of sulfonamides is 1. The van der Waals surface area contributed by atoms with Crippen molar-refractivity contribution in [3.63, 3.8) is 0 Å². The maximum atomic E-state index is 12.4. The highest BCUT2D eigenvalue weighted by Crippen LogP contribution is 2.27. The highest BCUT2D eigenvalue weighted by Gasteiger charge is 2.31. The summed E-state index contributed by atoms with van der Waals surface area (Å²) in [6.07, 6.45) is 0. The van der Waals surface area contributed by atoms with E-state index in [4.69, 9.17) is 11.6 Å². The van der Waals surface area contributed by atoms with Crippen molar-refractivity contribution in [1.82, 2.24) is 10.2 Å². The number of carbonyl (C=O) groups excluding carboxylic acids is 1. The molecule has 1 N–H and O–H groups in total. The second kappa shape index (κ2) is 7.09. The zero-order valence-electron chi connectivity index (χ0n) is 14.3. The van der Waals surface area contributed by atoms with Gasteiger partial charge in [0.05, 0.1) is 12.6 Å². The van der Waals surface area contributed by atoms with E-state index in [1.54, 1.807) is 31.3 Å². The summed E-state index contributed by atoms with van der Waals surface area (Å²) in [7, 11) is -2.07. The van der Waals surface area contributed by atoms with Crippen LogP contribution in [0.2, 0.25) is 5.02 Å². The normalized spacial score (nSPS) is 15.7. The molecule has 0 aromatic heterocycles. The summed E-state index contributed by atoms with van der Waals surface area (Å²) in [6.45, 7) is 1.81. The minimum atomic E-state index is -3.71. The van der Waals surface area contributed by atoms with Crippen LogP contribution in [0.3, 0.4) is 0 Å². The predicted octanol–water partition coefficient (Wildman–Crippen LogP) is 2.60. The first-order chi connectivity index (χ1) is 12.3. The van der Waals surface area contributed by atoms with Crippen LogP contribution < -0.4 is 5.32 Å². The zero-order valence-corrected chi connectivity index (χ0v) is 15.9. The van der Waals surface area contributed by atoms with Crippen LogP contribution in [-0.2, 0) is 14.8 Å². The van der Waals surface area contributed by atoms with E-state index in [0.717, 1.165) is 5.56 Å². The van der Waals surface area contributed by atoms with Crippen molar-refractivity contribution in [2.24, 2.45) is 4.40 Å². The molecule has 1 aliphatic rings. The van der Waals surface area contributed by atoms with E-state index in [9.17, 15) is 13.2 Å². The highest BCUT2D eigenvalue weighted by molar-refractivity contribution is 7.90. The lowest BCUT2D eigenvalue weighted by atomic mass is 10.1. The first-order valence-corrected chi connectivity index (χ1v) is 9.80. The zero-order chi connectivity index (χ0) is 18.9. The van der Waals surface area contributed by atoms with E-state index in [0.29, 0.717) is 10.6 Å². The van der Waals surface area contributed by atoms with E-state index in [-0.39, 0.29) is 29.2 Å². The number of nitrogens with one attached hydrogen (secondary N) is 1. The Labute approximate surface area is 157 Å². The summed E-state index contributed by atoms with van der Waals surface area (Å²) in [5.74, 6) is 0.00513. The van der Waals surface area contributed by atoms with E-state index < -0.39 is 10.0 Å². The Balaban J connectivity index is 1.72. The molecule has 2 aromatic rings. The number of hydrogen-bond acceptors (Lipinski definition) is 4. The molecule has 0 saturated carbocycles. The number of benzene rings is 2. The van der Waals surface area contributed by atoms with Crippen molar-refractivity contribution in [2.45, 2.75) is 17.9 Å². The van der Waals surface area contributed by atoms with Crippen LogP contribution in [0.15, 0.2) is 57.8 Å². The number of rotatable bonds is 4. The second-order valence-corrected chi connectivity index (χ2v) is 8.03. The Morgan fingerprint density at radius 1 is 1.19 bits per heavy atom. The van der Waals surface area contributed by atoms with Gasteiger partial charge in [-0.1, -0.05) is 41.9 Å². The van der Waals surface area contributed by atoms with Gasteiger partial charge in [0.25, 0.3) is 10.0 Å². The minimum Gasteiger partial charge on any atom is -0.349 e. The molecule has 0 saturated heterocycles. The first-order valence-electron chi connectivity index (χ1n) is 7.99. The van der Waals surface area contributed by atoms with Gasteiger partial charge in [-0.2, -0.15) is 8.42 Å². The topological polar surface area (TPSA) is 78.8 Å². The van der Waals surface area contributed by atoms with E-state index in [2.05, 4.69) is 9.71 Å². The maximum Gasteiger partial charge on any atom is 0.285 e. The van der Waals surface area contributed by atoms with Gasteiger partial charge in [-0.3, -0.25) is 4.79 Å². The van der Waals surface area contributed by atoms with Crippen molar-refractivity contribution >= 4 is 33.4 Å². The average molecular weight is 392 g/mol. The molecule has 8 heteroatoms. The number of likely N-dealkylation sites (N-methyl/N-ethyl adjacent to an activating group) is 1. The number of carbonyl (C=O) groups is 1. The van der Waals surface area contributed by atoms with Gasteiger partial charge in [0.15, 0.2) is 5.84 Å². The van der Waals surface area contributed by atoms with Gasteiger partial charge in [0, 0.05) is 17.6 Å². The number of nitrogens with zero attached hydrogens (tertiary/aromatic N) is 2. The van der Waals surface area contributed by atoms with Crippen molar-refractivity contribution in [1.29, 1.82) is 0 Å². The van der Waals surface area contributed by atoms with Crippen molar-refractivity contribution in [2.75, 3.05) is 13.6 Å². The van der Waals surface area contributed by atoms with Gasteiger partial charge < -0.3 is 10.2 Å². The molecule has 2 aromatic carbocycles. The lowest BCUT2D eigenvalue weighted by Gasteiger charge is -2.21. The Morgan fingerprint density at radius 3 is 2.58 bits per heavy atom. The third kappa shape index (κ3) is 3.59. The number of amidine groups is 1. The second-order valence-electron chi connectivity index (χ2n) is 6.05. The molecule has 1 unspecified atom stereocenters. The lowest BCUT2D eigenvalue weighted by Crippen LogP contribution is -2.39. The molecule has 0 radical (unpaired) electrons. The SMILES string of the molecule is CC(NC(=O)CN(C)C1=NS(=O)(=O)c2ccccc21)c1ccccc1Cl. The maximum absolute atomic E-state index is 12.4. The standard InChI is InChI=1S/C18H18ClN3O3S/c1-12(13-7-3-5-9-15(13)19)20-17(23)11-22(2)18-14-8-4-6-10-16(14)26(24,25)21-18/h3-10,12H,11H2,1-2H3,(H,20,23). The molecule has 1 aliphatic heterocycles. The quantitative estimate of drug-likeness (QED) is 0.868. The molecule has 1 amide bonds. The fourth-order valence-corrected chi connectivity index (χ4v) is 4.40. The summed E-state index contributed by atoms with van der Waals surface area (Å²) >= 11 is 6.15. The number of hydrogen-bond donors (Lipinski definition) is 1. The minimum absolute atomic E-state index is 0.0303. The van der Waals surface area contributed by atoms with E-state index in [1.807, 2.05) is 25.1 Å². The van der Waals surface area contributed by atoms with Crippen molar-refractivity contribution in [3.05, 3.63) is 64.7 Å². The van der Waals surface area contributed by atoms with Crippen LogP contribution in [0.5, 0.6) is 0 Å². The molecule has 0 spiro atoms. The van der Waals surface area contributed by atoms with Crippen LogP contribution in [0.25, 0.3) is 0 Å². The molecular weight excluding hydrogens is 374 g/mol. The molecule has 0 bridgehead atoms. The molecular formula is C18H18ClN3O3S. The van der Waals surface area contributed by atoms with Crippen LogP contribution >= 0.6 is 11.6 Å². The summed E-state index contributed by atoms with van der Waals surface area (Å²) in [4.78, 5) is 14.1.